The molecular weight excluding hydrogens is 267 g/mol. The fourth-order valence-electron chi connectivity index (χ4n) is 1.23. The molecule has 5 N–H and O–H groups in total. The van der Waals surface area contributed by atoms with Crippen molar-refractivity contribution in [1.29, 1.82) is 0 Å². The first-order valence-electron chi connectivity index (χ1n) is 4.93. The van der Waals surface area contributed by atoms with E-state index in [0.717, 1.165) is 0 Å². The Kier molecular flexibility index (Phi) is 4.71. The van der Waals surface area contributed by atoms with Crippen LogP contribution < -0.4 is 16.8 Å². The van der Waals surface area contributed by atoms with E-state index in [2.05, 4.69) is 5.32 Å². The Morgan fingerprint density at radius 2 is 2.06 bits per heavy atom. The molecule has 0 spiro atoms. The first-order valence-corrected chi connectivity index (χ1v) is 5.92. The maximum Gasteiger partial charge on any atom is 0.441 e. The number of carbonyl (C=O) groups is 1. The molecule has 0 radical (unpaired) electrons. The standard InChI is InChI=1S/C10H12F3N3OS/c11-10(12,13)18-4-3-16-8-2-1-6(9(15)17)5-7(8)14/h1-2,5,16H,3-4,14H2,(H2,15,17). The van der Waals surface area contributed by atoms with Crippen molar-refractivity contribution in [3.63, 3.8) is 0 Å². The predicted molar refractivity (Wildman–Crippen MR) is 66.4 cm³/mol. The van der Waals surface area contributed by atoms with Gasteiger partial charge >= 0.3 is 5.51 Å². The van der Waals surface area contributed by atoms with Gasteiger partial charge < -0.3 is 16.8 Å². The molecule has 1 amide bonds. The number of nitrogens with two attached hydrogens (primary N) is 2. The van der Waals surface area contributed by atoms with Crippen molar-refractivity contribution in [3.8, 4) is 0 Å². The number of hydrogen-bond donors (Lipinski definition) is 3. The highest BCUT2D eigenvalue weighted by Crippen LogP contribution is 2.29. The number of primary amides is 1. The second-order valence-electron chi connectivity index (χ2n) is 3.39. The minimum atomic E-state index is -4.23. The average molecular weight is 279 g/mol. The molecular formula is C10H12F3N3OS. The number of carbonyl (C=O) groups excluding carboxylic acids is 1. The summed E-state index contributed by atoms with van der Waals surface area (Å²) in [6, 6.07) is 4.34. The van der Waals surface area contributed by atoms with E-state index in [1.165, 1.54) is 18.2 Å². The van der Waals surface area contributed by atoms with Crippen molar-refractivity contribution >= 4 is 29.0 Å². The maximum atomic E-state index is 11.9. The van der Waals surface area contributed by atoms with Crippen LogP contribution in [0.1, 0.15) is 10.4 Å². The van der Waals surface area contributed by atoms with Crippen molar-refractivity contribution in [2.24, 2.45) is 5.73 Å². The number of hydrogen-bond acceptors (Lipinski definition) is 4. The van der Waals surface area contributed by atoms with Gasteiger partial charge in [-0.05, 0) is 30.0 Å². The molecule has 0 fully saturated rings. The molecule has 18 heavy (non-hydrogen) atoms. The molecule has 0 aliphatic heterocycles. The van der Waals surface area contributed by atoms with Gasteiger partial charge in [0, 0.05) is 17.9 Å². The van der Waals surface area contributed by atoms with E-state index in [-0.39, 0.29) is 35.3 Å². The molecule has 0 saturated carbocycles. The number of rotatable bonds is 5. The molecule has 1 rings (SSSR count). The summed E-state index contributed by atoms with van der Waals surface area (Å²) in [4.78, 5) is 10.9. The number of halogens is 3. The number of anilines is 2. The van der Waals surface area contributed by atoms with Crippen LogP contribution in [0.3, 0.4) is 0 Å². The molecule has 8 heteroatoms. The molecule has 4 nitrogen and oxygen atoms in total. The van der Waals surface area contributed by atoms with E-state index >= 15 is 0 Å². The van der Waals surface area contributed by atoms with Gasteiger partial charge in [-0.15, -0.1) is 0 Å². The van der Waals surface area contributed by atoms with Crippen LogP contribution in [0.25, 0.3) is 0 Å². The minimum absolute atomic E-state index is 0.111. The summed E-state index contributed by atoms with van der Waals surface area (Å²) < 4.78 is 35.6. The molecule has 0 saturated heterocycles. The zero-order chi connectivity index (χ0) is 13.8. The van der Waals surface area contributed by atoms with Crippen molar-refractivity contribution in [1.82, 2.24) is 0 Å². The van der Waals surface area contributed by atoms with Gasteiger partial charge in [0.1, 0.15) is 0 Å². The molecule has 100 valence electrons. The van der Waals surface area contributed by atoms with Crippen molar-refractivity contribution in [3.05, 3.63) is 23.8 Å². The molecule has 0 aliphatic carbocycles. The molecule has 0 unspecified atom stereocenters. The fraction of sp³-hybridized carbons (Fsp3) is 0.300. The fourth-order valence-corrected chi connectivity index (χ4v) is 1.67. The summed E-state index contributed by atoms with van der Waals surface area (Å²) in [5, 5.41) is 2.75. The lowest BCUT2D eigenvalue weighted by Crippen LogP contribution is -2.13. The molecule has 0 atom stereocenters. The molecule has 0 bridgehead atoms. The van der Waals surface area contributed by atoms with E-state index in [0.29, 0.717) is 5.69 Å². The van der Waals surface area contributed by atoms with Crippen molar-refractivity contribution in [2.45, 2.75) is 5.51 Å². The van der Waals surface area contributed by atoms with Crippen LogP contribution in [-0.4, -0.2) is 23.7 Å². The van der Waals surface area contributed by atoms with Crippen LogP contribution in [0.2, 0.25) is 0 Å². The number of amides is 1. The summed E-state index contributed by atoms with van der Waals surface area (Å²) in [6.45, 7) is 0.115. The third kappa shape index (κ3) is 4.74. The van der Waals surface area contributed by atoms with Crippen LogP contribution >= 0.6 is 11.8 Å². The Labute approximate surface area is 106 Å². The Hall–Kier alpha value is -1.57. The zero-order valence-electron chi connectivity index (χ0n) is 9.25. The second kappa shape index (κ2) is 5.85. The highest BCUT2D eigenvalue weighted by molar-refractivity contribution is 8.00. The van der Waals surface area contributed by atoms with Gasteiger partial charge in [0.05, 0.1) is 11.4 Å². The Morgan fingerprint density at radius 1 is 1.39 bits per heavy atom. The Balaban J connectivity index is 2.51. The molecule has 0 heterocycles. The molecule has 0 aromatic heterocycles. The number of nitrogens with one attached hydrogen (secondary N) is 1. The van der Waals surface area contributed by atoms with Crippen molar-refractivity contribution in [2.75, 3.05) is 23.3 Å². The molecule has 1 aromatic carbocycles. The van der Waals surface area contributed by atoms with Gasteiger partial charge in [0.2, 0.25) is 5.91 Å². The summed E-state index contributed by atoms with van der Waals surface area (Å²) in [5.41, 5.74) is 7.45. The Morgan fingerprint density at radius 3 is 2.56 bits per heavy atom. The quantitative estimate of drug-likeness (QED) is 0.569. The third-order valence-corrected chi connectivity index (χ3v) is 2.75. The lowest BCUT2D eigenvalue weighted by atomic mass is 10.1. The number of nitrogen functional groups attached to an aromatic ring is 1. The monoisotopic (exact) mass is 279 g/mol. The first-order chi connectivity index (χ1) is 8.29. The molecule has 1 aromatic rings. The highest BCUT2D eigenvalue weighted by atomic mass is 32.2. The summed E-state index contributed by atoms with van der Waals surface area (Å²) >= 11 is -0.111. The van der Waals surface area contributed by atoms with Gasteiger partial charge in [-0.25, -0.2) is 0 Å². The van der Waals surface area contributed by atoms with E-state index < -0.39 is 11.4 Å². The molecule has 0 aliphatic rings. The number of thioether (sulfide) groups is 1. The number of benzene rings is 1. The largest absolute Gasteiger partial charge is 0.441 e. The lowest BCUT2D eigenvalue weighted by Gasteiger charge is -2.10. The SMILES string of the molecule is NC(=O)c1ccc(NCCSC(F)(F)F)c(N)c1. The van der Waals surface area contributed by atoms with Gasteiger partial charge in [0.25, 0.3) is 0 Å². The first kappa shape index (κ1) is 14.5. The topological polar surface area (TPSA) is 81.1 Å². The van der Waals surface area contributed by atoms with Gasteiger partial charge in [0.15, 0.2) is 0 Å². The van der Waals surface area contributed by atoms with Crippen molar-refractivity contribution < 1.29 is 18.0 Å². The minimum Gasteiger partial charge on any atom is -0.397 e. The van der Waals surface area contributed by atoms with E-state index in [1.807, 2.05) is 0 Å². The maximum absolute atomic E-state index is 11.9. The smallest absolute Gasteiger partial charge is 0.397 e. The number of alkyl halides is 3. The van der Waals surface area contributed by atoms with Crippen LogP contribution in [0.4, 0.5) is 24.5 Å². The van der Waals surface area contributed by atoms with Crippen LogP contribution in [0.5, 0.6) is 0 Å². The predicted octanol–water partition coefficient (Wildman–Crippen LogP) is 2.03. The van der Waals surface area contributed by atoms with Gasteiger partial charge in [-0.3, -0.25) is 4.79 Å². The van der Waals surface area contributed by atoms with Crippen LogP contribution in [-0.2, 0) is 0 Å². The third-order valence-electron chi connectivity index (χ3n) is 2.02. The van der Waals surface area contributed by atoms with E-state index in [4.69, 9.17) is 11.5 Å². The normalized spacial score (nSPS) is 11.3. The average Bonchev–Trinajstić information content (AvgIpc) is 2.24. The zero-order valence-corrected chi connectivity index (χ0v) is 10.1. The highest BCUT2D eigenvalue weighted by Gasteiger charge is 2.27. The van der Waals surface area contributed by atoms with Crippen LogP contribution in [0.15, 0.2) is 18.2 Å². The lowest BCUT2D eigenvalue weighted by molar-refractivity contribution is -0.0327. The van der Waals surface area contributed by atoms with Gasteiger partial charge in [-0.1, -0.05) is 0 Å². The summed E-state index contributed by atoms with van der Waals surface area (Å²) in [5.74, 6) is -0.735. The van der Waals surface area contributed by atoms with E-state index in [9.17, 15) is 18.0 Å². The Bertz CT molecular complexity index is 437. The summed E-state index contributed by atoms with van der Waals surface area (Å²) in [7, 11) is 0. The summed E-state index contributed by atoms with van der Waals surface area (Å²) in [6.07, 6.45) is 0. The van der Waals surface area contributed by atoms with E-state index in [1.54, 1.807) is 0 Å². The second-order valence-corrected chi connectivity index (χ2v) is 4.55. The van der Waals surface area contributed by atoms with Crippen LogP contribution in [0, 0.1) is 0 Å². The van der Waals surface area contributed by atoms with Gasteiger partial charge in [-0.2, -0.15) is 13.2 Å².